The SMILES string of the molecule is O=C(OC[C@H]1O[C@@H](n2cc(F)c(=O)[nH]c2=O)[C@H]2O[C@H]21)c1ccccc1. The monoisotopic (exact) mass is 348 g/mol. The zero-order valence-electron chi connectivity index (χ0n) is 12.8. The Morgan fingerprint density at radius 2 is 1.96 bits per heavy atom. The van der Waals surface area contributed by atoms with E-state index in [2.05, 4.69) is 0 Å². The molecule has 4 atom stereocenters. The summed E-state index contributed by atoms with van der Waals surface area (Å²) in [5.74, 6) is -1.60. The number of esters is 1. The van der Waals surface area contributed by atoms with Gasteiger partial charge in [0.2, 0.25) is 5.82 Å². The summed E-state index contributed by atoms with van der Waals surface area (Å²) >= 11 is 0. The van der Waals surface area contributed by atoms with Crippen LogP contribution >= 0.6 is 0 Å². The average molecular weight is 348 g/mol. The summed E-state index contributed by atoms with van der Waals surface area (Å²) in [7, 11) is 0. The van der Waals surface area contributed by atoms with Gasteiger partial charge in [0.15, 0.2) is 6.23 Å². The van der Waals surface area contributed by atoms with Crippen LogP contribution in [0.1, 0.15) is 16.6 Å². The van der Waals surface area contributed by atoms with Gasteiger partial charge in [-0.25, -0.2) is 9.59 Å². The van der Waals surface area contributed by atoms with Crippen LogP contribution in [0.3, 0.4) is 0 Å². The molecule has 4 rings (SSSR count). The lowest BCUT2D eigenvalue weighted by atomic mass is 10.2. The zero-order valence-corrected chi connectivity index (χ0v) is 12.8. The smallest absolute Gasteiger partial charge is 0.338 e. The fourth-order valence-electron chi connectivity index (χ4n) is 2.82. The van der Waals surface area contributed by atoms with E-state index in [0.717, 1.165) is 10.8 Å². The van der Waals surface area contributed by atoms with E-state index in [4.69, 9.17) is 14.2 Å². The van der Waals surface area contributed by atoms with Crippen molar-refractivity contribution in [3.05, 3.63) is 68.7 Å². The number of rotatable bonds is 4. The van der Waals surface area contributed by atoms with Gasteiger partial charge >= 0.3 is 11.7 Å². The third-order valence-electron chi connectivity index (χ3n) is 4.11. The highest BCUT2D eigenvalue weighted by molar-refractivity contribution is 5.89. The van der Waals surface area contributed by atoms with Crippen molar-refractivity contribution in [1.82, 2.24) is 9.55 Å². The highest BCUT2D eigenvalue weighted by Gasteiger charge is 2.59. The van der Waals surface area contributed by atoms with E-state index in [0.29, 0.717) is 5.56 Å². The Labute approximate surface area is 139 Å². The number of H-pyrrole nitrogens is 1. The number of aromatic nitrogens is 2. The Morgan fingerprint density at radius 3 is 2.72 bits per heavy atom. The molecule has 25 heavy (non-hydrogen) atoms. The number of ether oxygens (including phenoxy) is 3. The first-order valence-corrected chi connectivity index (χ1v) is 7.58. The van der Waals surface area contributed by atoms with Crippen LogP contribution in [-0.2, 0) is 14.2 Å². The van der Waals surface area contributed by atoms with Crippen molar-refractivity contribution >= 4 is 5.97 Å². The van der Waals surface area contributed by atoms with E-state index in [1.807, 2.05) is 4.98 Å². The summed E-state index contributed by atoms with van der Waals surface area (Å²) in [6.07, 6.45) is -1.49. The molecule has 1 aromatic heterocycles. The van der Waals surface area contributed by atoms with E-state index in [1.54, 1.807) is 30.3 Å². The summed E-state index contributed by atoms with van der Waals surface area (Å²) in [5.41, 5.74) is -1.49. The molecule has 2 aliphatic rings. The van der Waals surface area contributed by atoms with E-state index < -0.39 is 41.5 Å². The van der Waals surface area contributed by atoms with E-state index in [1.165, 1.54) is 0 Å². The van der Waals surface area contributed by atoms with E-state index in [-0.39, 0.29) is 12.7 Å². The van der Waals surface area contributed by atoms with Gasteiger partial charge in [0.1, 0.15) is 24.9 Å². The van der Waals surface area contributed by atoms with Crippen LogP contribution in [0.25, 0.3) is 0 Å². The molecule has 0 spiro atoms. The number of nitrogens with one attached hydrogen (secondary N) is 1. The number of hydrogen-bond acceptors (Lipinski definition) is 6. The molecular weight excluding hydrogens is 335 g/mol. The van der Waals surface area contributed by atoms with Crippen molar-refractivity contribution < 1.29 is 23.4 Å². The molecule has 9 heteroatoms. The maximum Gasteiger partial charge on any atom is 0.338 e. The molecule has 1 aromatic carbocycles. The van der Waals surface area contributed by atoms with Gasteiger partial charge in [-0.2, -0.15) is 4.39 Å². The predicted octanol–water partition coefficient (Wildman–Crippen LogP) is 0.197. The van der Waals surface area contributed by atoms with Gasteiger partial charge in [0.25, 0.3) is 5.56 Å². The number of nitrogens with zero attached hydrogens (tertiary/aromatic N) is 1. The lowest BCUT2D eigenvalue weighted by Gasteiger charge is -2.19. The molecule has 130 valence electrons. The van der Waals surface area contributed by atoms with Crippen LogP contribution in [0.2, 0.25) is 0 Å². The number of aromatic amines is 1. The maximum atomic E-state index is 13.4. The number of benzene rings is 1. The van der Waals surface area contributed by atoms with Crippen molar-refractivity contribution in [3.63, 3.8) is 0 Å². The minimum atomic E-state index is -1.10. The van der Waals surface area contributed by atoms with Crippen LogP contribution in [0.4, 0.5) is 4.39 Å². The van der Waals surface area contributed by atoms with Gasteiger partial charge < -0.3 is 14.2 Å². The molecule has 1 N–H and O–H groups in total. The minimum absolute atomic E-state index is 0.0635. The molecule has 0 radical (unpaired) electrons. The first kappa shape index (κ1) is 15.7. The lowest BCUT2D eigenvalue weighted by molar-refractivity contribution is -0.0890. The maximum absolute atomic E-state index is 13.4. The summed E-state index contributed by atoms with van der Waals surface area (Å²) < 4.78 is 30.6. The van der Waals surface area contributed by atoms with Crippen molar-refractivity contribution in [2.24, 2.45) is 0 Å². The molecule has 2 aromatic rings. The molecule has 2 fully saturated rings. The van der Waals surface area contributed by atoms with Gasteiger partial charge in [-0.15, -0.1) is 0 Å². The van der Waals surface area contributed by atoms with Crippen molar-refractivity contribution in [2.75, 3.05) is 6.61 Å². The quantitative estimate of drug-likeness (QED) is 0.625. The molecule has 0 bridgehead atoms. The second kappa shape index (κ2) is 5.94. The van der Waals surface area contributed by atoms with Gasteiger partial charge in [-0.3, -0.25) is 14.3 Å². The van der Waals surface area contributed by atoms with Gasteiger partial charge in [-0.05, 0) is 12.1 Å². The molecule has 3 heterocycles. The van der Waals surface area contributed by atoms with E-state index >= 15 is 0 Å². The fraction of sp³-hybridized carbons (Fsp3) is 0.312. The van der Waals surface area contributed by atoms with Crippen LogP contribution in [0, 0.1) is 5.82 Å². The summed E-state index contributed by atoms with van der Waals surface area (Å²) in [6.45, 7) is -0.0635. The van der Waals surface area contributed by atoms with Crippen LogP contribution in [0.5, 0.6) is 0 Å². The lowest BCUT2D eigenvalue weighted by Crippen LogP contribution is -2.36. The molecular formula is C16H13FN2O6. The Hall–Kier alpha value is -2.78. The highest BCUT2D eigenvalue weighted by Crippen LogP contribution is 2.44. The third-order valence-corrected chi connectivity index (χ3v) is 4.11. The number of carbonyl (C=O) groups excluding carboxylic acids is 1. The second-order valence-corrected chi connectivity index (χ2v) is 5.74. The first-order chi connectivity index (χ1) is 12.0. The Morgan fingerprint density at radius 1 is 1.20 bits per heavy atom. The summed E-state index contributed by atoms with van der Waals surface area (Å²) in [4.78, 5) is 36.7. The Bertz CT molecular complexity index is 924. The van der Waals surface area contributed by atoms with Crippen molar-refractivity contribution in [3.8, 4) is 0 Å². The summed E-state index contributed by atoms with van der Waals surface area (Å²) in [6, 6.07) is 8.47. The van der Waals surface area contributed by atoms with Gasteiger partial charge in [0.05, 0.1) is 11.8 Å². The predicted molar refractivity (Wildman–Crippen MR) is 80.6 cm³/mol. The van der Waals surface area contributed by atoms with Crippen molar-refractivity contribution in [1.29, 1.82) is 0 Å². The molecule has 0 saturated carbocycles. The largest absolute Gasteiger partial charge is 0.459 e. The molecule has 8 nitrogen and oxygen atoms in total. The third kappa shape index (κ3) is 2.87. The summed E-state index contributed by atoms with van der Waals surface area (Å²) in [5, 5.41) is 0. The Kier molecular flexibility index (Phi) is 3.74. The van der Waals surface area contributed by atoms with E-state index in [9.17, 15) is 18.8 Å². The molecule has 0 aliphatic carbocycles. The number of halogens is 1. The van der Waals surface area contributed by atoms with Gasteiger partial charge in [-0.1, -0.05) is 18.2 Å². The standard InChI is InChI=1S/C16H13FN2O6/c17-9-6-19(16(22)18-13(9)20)14-12-11(25-12)10(24-14)7-23-15(21)8-4-2-1-3-5-8/h1-6,10-12,14H,7H2,(H,18,20,22)/t10-,11+,12+,14-/m1/s1. The Balaban J connectivity index is 1.44. The number of carbonyl (C=O) groups is 1. The second-order valence-electron chi connectivity index (χ2n) is 5.74. The number of epoxide rings is 1. The average Bonchev–Trinajstić information content (AvgIpc) is 3.33. The van der Waals surface area contributed by atoms with Crippen LogP contribution in [-0.4, -0.2) is 40.4 Å². The van der Waals surface area contributed by atoms with Crippen LogP contribution < -0.4 is 11.2 Å². The fourth-order valence-corrected chi connectivity index (χ4v) is 2.82. The number of fused-ring (bicyclic) bond motifs is 1. The molecule has 2 saturated heterocycles. The highest BCUT2D eigenvalue weighted by atomic mass is 19.1. The zero-order chi connectivity index (χ0) is 17.6. The molecule has 2 aliphatic heterocycles. The molecule has 0 amide bonds. The van der Waals surface area contributed by atoms with Crippen LogP contribution in [0.15, 0.2) is 46.1 Å². The topological polar surface area (TPSA) is 103 Å². The number of hydrogen-bond donors (Lipinski definition) is 1. The molecule has 0 unspecified atom stereocenters. The first-order valence-electron chi connectivity index (χ1n) is 7.58. The minimum Gasteiger partial charge on any atom is -0.459 e. The normalized spacial score (nSPS) is 26.9. The van der Waals surface area contributed by atoms with Crippen molar-refractivity contribution in [2.45, 2.75) is 24.5 Å². The van der Waals surface area contributed by atoms with Gasteiger partial charge in [0, 0.05) is 0 Å².